The van der Waals surface area contributed by atoms with Gasteiger partial charge in [0.2, 0.25) is 0 Å². The zero-order chi connectivity index (χ0) is 20.4. The number of rotatable bonds is 5. The lowest BCUT2D eigenvalue weighted by atomic mass is 9.95. The fraction of sp³-hybridized carbons (Fsp3) is 0.304. The van der Waals surface area contributed by atoms with E-state index in [0.29, 0.717) is 28.5 Å². The first-order valence-corrected chi connectivity index (χ1v) is 10.6. The van der Waals surface area contributed by atoms with Crippen molar-refractivity contribution in [2.24, 2.45) is 0 Å². The van der Waals surface area contributed by atoms with Crippen molar-refractivity contribution in [1.82, 2.24) is 0 Å². The van der Waals surface area contributed by atoms with E-state index in [9.17, 15) is 9.59 Å². The first kappa shape index (κ1) is 19.5. The standard InChI is InChI=1S/C23H23NO4S/c1-3-28-23(26)20-16-10-6-7-11-19(16)29-22(20)24-21(25)17-12-14-8-4-5-9-15(14)13-18(17)27-2/h4-5,8-9,12-13H,3,6-7,10-11H2,1-2H3,(H,24,25). The Morgan fingerprint density at radius 3 is 2.55 bits per heavy atom. The SMILES string of the molecule is CCOC(=O)c1c(NC(=O)c2cc3ccccc3cc2OC)sc2c1CCCC2. The topological polar surface area (TPSA) is 64.6 Å². The molecule has 5 nitrogen and oxygen atoms in total. The van der Waals surface area contributed by atoms with Crippen LogP contribution in [0, 0.1) is 0 Å². The summed E-state index contributed by atoms with van der Waals surface area (Å²) in [5.41, 5.74) is 1.98. The number of benzene rings is 2. The largest absolute Gasteiger partial charge is 0.496 e. The highest BCUT2D eigenvalue weighted by Gasteiger charge is 2.28. The Bertz CT molecular complexity index is 1090. The molecule has 1 aromatic heterocycles. The van der Waals surface area contributed by atoms with Crippen molar-refractivity contribution < 1.29 is 19.1 Å². The molecular formula is C23H23NO4S. The lowest BCUT2D eigenvalue weighted by molar-refractivity contribution is 0.0526. The molecule has 0 fully saturated rings. The van der Waals surface area contributed by atoms with E-state index < -0.39 is 0 Å². The van der Waals surface area contributed by atoms with Crippen molar-refractivity contribution in [3.63, 3.8) is 0 Å². The van der Waals surface area contributed by atoms with E-state index in [1.165, 1.54) is 16.2 Å². The summed E-state index contributed by atoms with van der Waals surface area (Å²) in [5, 5.41) is 5.48. The van der Waals surface area contributed by atoms with E-state index in [-0.39, 0.29) is 11.9 Å². The van der Waals surface area contributed by atoms with Crippen molar-refractivity contribution in [1.29, 1.82) is 0 Å². The number of ether oxygens (including phenoxy) is 2. The summed E-state index contributed by atoms with van der Waals surface area (Å²) < 4.78 is 10.7. The quantitative estimate of drug-likeness (QED) is 0.587. The second-order valence-corrected chi connectivity index (χ2v) is 8.09. The Balaban J connectivity index is 1.73. The molecule has 1 aliphatic carbocycles. The van der Waals surface area contributed by atoms with Crippen molar-refractivity contribution in [2.75, 3.05) is 19.0 Å². The highest BCUT2D eigenvalue weighted by Crippen LogP contribution is 2.39. The van der Waals surface area contributed by atoms with Crippen LogP contribution in [0.2, 0.25) is 0 Å². The van der Waals surface area contributed by atoms with E-state index in [2.05, 4.69) is 5.32 Å². The zero-order valence-corrected chi connectivity index (χ0v) is 17.4. The van der Waals surface area contributed by atoms with Crippen LogP contribution in [0.3, 0.4) is 0 Å². The predicted octanol–water partition coefficient (Wildman–Crippen LogP) is 5.22. The number of carbonyl (C=O) groups excluding carboxylic acids is 2. The van der Waals surface area contributed by atoms with Crippen LogP contribution in [0.25, 0.3) is 10.8 Å². The maximum atomic E-state index is 13.1. The van der Waals surface area contributed by atoms with Crippen LogP contribution in [0.1, 0.15) is 50.9 Å². The van der Waals surface area contributed by atoms with Crippen molar-refractivity contribution >= 4 is 39.0 Å². The monoisotopic (exact) mass is 409 g/mol. The maximum absolute atomic E-state index is 13.1. The number of amides is 1. The van der Waals surface area contributed by atoms with Gasteiger partial charge in [0.25, 0.3) is 5.91 Å². The van der Waals surface area contributed by atoms with Gasteiger partial charge < -0.3 is 14.8 Å². The number of nitrogens with one attached hydrogen (secondary N) is 1. The number of aryl methyl sites for hydroxylation is 1. The molecular weight excluding hydrogens is 386 g/mol. The third kappa shape index (κ3) is 3.72. The molecule has 3 aromatic rings. The molecule has 1 aliphatic rings. The Morgan fingerprint density at radius 2 is 1.83 bits per heavy atom. The lowest BCUT2D eigenvalue weighted by Crippen LogP contribution is -2.16. The highest BCUT2D eigenvalue weighted by molar-refractivity contribution is 7.17. The molecule has 0 unspecified atom stereocenters. The number of fused-ring (bicyclic) bond motifs is 2. The smallest absolute Gasteiger partial charge is 0.341 e. The molecule has 0 saturated heterocycles. The summed E-state index contributed by atoms with van der Waals surface area (Å²) >= 11 is 1.48. The normalized spacial score (nSPS) is 13.0. The fourth-order valence-electron chi connectivity index (χ4n) is 3.81. The summed E-state index contributed by atoms with van der Waals surface area (Å²) in [4.78, 5) is 26.9. The van der Waals surface area contributed by atoms with Gasteiger partial charge in [-0.1, -0.05) is 24.3 Å². The second kappa shape index (κ2) is 8.25. The Labute approximate surface area is 173 Å². The second-order valence-electron chi connectivity index (χ2n) is 6.99. The molecule has 0 atom stereocenters. The zero-order valence-electron chi connectivity index (χ0n) is 16.5. The van der Waals surface area contributed by atoms with Gasteiger partial charge in [0, 0.05) is 4.88 Å². The van der Waals surface area contributed by atoms with Gasteiger partial charge in [-0.15, -0.1) is 11.3 Å². The highest BCUT2D eigenvalue weighted by atomic mass is 32.1. The van der Waals surface area contributed by atoms with Crippen molar-refractivity contribution in [2.45, 2.75) is 32.6 Å². The van der Waals surface area contributed by atoms with Gasteiger partial charge >= 0.3 is 5.97 Å². The van der Waals surface area contributed by atoms with Gasteiger partial charge in [0.05, 0.1) is 24.8 Å². The summed E-state index contributed by atoms with van der Waals surface area (Å²) in [7, 11) is 1.55. The minimum atomic E-state index is -0.368. The Kier molecular flexibility index (Phi) is 5.53. The first-order valence-electron chi connectivity index (χ1n) is 9.82. The lowest BCUT2D eigenvalue weighted by Gasteiger charge is -2.13. The minimum Gasteiger partial charge on any atom is -0.496 e. The fourth-order valence-corrected chi connectivity index (χ4v) is 5.08. The van der Waals surface area contributed by atoms with Gasteiger partial charge in [-0.25, -0.2) is 4.79 Å². The van der Waals surface area contributed by atoms with Crippen LogP contribution in [-0.4, -0.2) is 25.6 Å². The summed E-state index contributed by atoms with van der Waals surface area (Å²) in [5.74, 6) is -0.162. The molecule has 4 rings (SSSR count). The van der Waals surface area contributed by atoms with Gasteiger partial charge in [-0.2, -0.15) is 0 Å². The van der Waals surface area contributed by atoms with Gasteiger partial charge in [-0.05, 0) is 61.1 Å². The number of esters is 1. The molecule has 1 amide bonds. The molecule has 29 heavy (non-hydrogen) atoms. The number of methoxy groups -OCH3 is 1. The number of hydrogen-bond donors (Lipinski definition) is 1. The average Bonchev–Trinajstić information content (AvgIpc) is 3.10. The number of anilines is 1. The maximum Gasteiger partial charge on any atom is 0.341 e. The van der Waals surface area contributed by atoms with E-state index in [1.807, 2.05) is 36.4 Å². The average molecular weight is 410 g/mol. The predicted molar refractivity (Wildman–Crippen MR) is 115 cm³/mol. The third-order valence-electron chi connectivity index (χ3n) is 5.19. The van der Waals surface area contributed by atoms with E-state index in [4.69, 9.17) is 9.47 Å². The van der Waals surface area contributed by atoms with Crippen molar-refractivity contribution in [3.05, 3.63) is 58.0 Å². The summed E-state index contributed by atoms with van der Waals surface area (Å²) in [6.07, 6.45) is 3.92. The molecule has 150 valence electrons. The van der Waals surface area contributed by atoms with E-state index in [0.717, 1.165) is 42.0 Å². The molecule has 6 heteroatoms. The van der Waals surface area contributed by atoms with Gasteiger partial charge in [-0.3, -0.25) is 4.79 Å². The Morgan fingerprint density at radius 1 is 1.10 bits per heavy atom. The van der Waals surface area contributed by atoms with Gasteiger partial charge in [0.15, 0.2) is 0 Å². The van der Waals surface area contributed by atoms with Crippen LogP contribution >= 0.6 is 11.3 Å². The summed E-state index contributed by atoms with van der Waals surface area (Å²) in [6, 6.07) is 11.5. The molecule has 0 aliphatic heterocycles. The molecule has 1 heterocycles. The number of carbonyl (C=O) groups is 2. The van der Waals surface area contributed by atoms with E-state index >= 15 is 0 Å². The van der Waals surface area contributed by atoms with Crippen LogP contribution in [0.4, 0.5) is 5.00 Å². The van der Waals surface area contributed by atoms with Crippen LogP contribution in [-0.2, 0) is 17.6 Å². The van der Waals surface area contributed by atoms with Crippen LogP contribution < -0.4 is 10.1 Å². The minimum absolute atomic E-state index is 0.295. The molecule has 0 spiro atoms. The van der Waals surface area contributed by atoms with Crippen LogP contribution in [0.5, 0.6) is 5.75 Å². The van der Waals surface area contributed by atoms with Crippen LogP contribution in [0.15, 0.2) is 36.4 Å². The number of thiophene rings is 1. The molecule has 2 aromatic carbocycles. The van der Waals surface area contributed by atoms with Crippen molar-refractivity contribution in [3.8, 4) is 5.75 Å². The molecule has 0 radical (unpaired) electrons. The molecule has 1 N–H and O–H groups in total. The van der Waals surface area contributed by atoms with E-state index in [1.54, 1.807) is 14.0 Å². The van der Waals surface area contributed by atoms with Gasteiger partial charge in [0.1, 0.15) is 10.8 Å². The third-order valence-corrected chi connectivity index (χ3v) is 6.40. The molecule has 0 saturated carbocycles. The summed E-state index contributed by atoms with van der Waals surface area (Å²) in [6.45, 7) is 2.09. The first-order chi connectivity index (χ1) is 14.1. The molecule has 0 bridgehead atoms. The Hall–Kier alpha value is -2.86. The number of hydrogen-bond acceptors (Lipinski definition) is 5.